The van der Waals surface area contributed by atoms with Gasteiger partial charge >= 0.3 is 6.09 Å². The average molecular weight is 366 g/mol. The van der Waals surface area contributed by atoms with Gasteiger partial charge in [0, 0.05) is 31.0 Å². The van der Waals surface area contributed by atoms with E-state index >= 15 is 0 Å². The third-order valence-corrected chi connectivity index (χ3v) is 4.23. The molecule has 27 heavy (non-hydrogen) atoms. The molecule has 0 saturated heterocycles. The number of amides is 1. The van der Waals surface area contributed by atoms with Gasteiger partial charge in [0.1, 0.15) is 18.0 Å². The molecule has 2 heterocycles. The molecule has 1 aromatic heterocycles. The molecule has 2 aromatic rings. The van der Waals surface area contributed by atoms with Gasteiger partial charge in [-0.1, -0.05) is 36.4 Å². The fourth-order valence-corrected chi connectivity index (χ4v) is 2.89. The molecule has 0 saturated carbocycles. The lowest BCUT2D eigenvalue weighted by Gasteiger charge is -2.29. The van der Waals surface area contributed by atoms with E-state index in [1.165, 1.54) is 0 Å². The molecular weight excluding hydrogens is 340 g/mol. The summed E-state index contributed by atoms with van der Waals surface area (Å²) in [6.07, 6.45) is 6.09. The van der Waals surface area contributed by atoms with Crippen molar-refractivity contribution in [2.75, 3.05) is 13.1 Å². The maximum atomic E-state index is 12.2. The van der Waals surface area contributed by atoms with Crippen molar-refractivity contribution in [3.63, 3.8) is 0 Å². The number of pyridine rings is 1. The zero-order chi connectivity index (χ0) is 19.3. The highest BCUT2D eigenvalue weighted by Gasteiger charge is 2.24. The number of carbonyl (C=O) groups excluding carboxylic acids is 1. The highest BCUT2D eigenvalue weighted by molar-refractivity contribution is 5.74. The second-order valence-electron chi connectivity index (χ2n) is 7.55. The SMILES string of the molecule is CC(C)(C)OC(=O)N1CC=C(c2cnccc2OCc2ccccc2)CC1. The zero-order valence-electron chi connectivity index (χ0n) is 16.1. The van der Waals surface area contributed by atoms with Gasteiger partial charge in [-0.25, -0.2) is 4.79 Å². The van der Waals surface area contributed by atoms with E-state index in [2.05, 4.69) is 11.1 Å². The first-order valence-corrected chi connectivity index (χ1v) is 9.20. The highest BCUT2D eigenvalue weighted by Crippen LogP contribution is 2.30. The second-order valence-corrected chi connectivity index (χ2v) is 7.55. The van der Waals surface area contributed by atoms with E-state index in [0.29, 0.717) is 19.7 Å². The first-order valence-electron chi connectivity index (χ1n) is 9.20. The summed E-state index contributed by atoms with van der Waals surface area (Å²) in [5, 5.41) is 0. The van der Waals surface area contributed by atoms with Crippen LogP contribution in [0.3, 0.4) is 0 Å². The van der Waals surface area contributed by atoms with Gasteiger partial charge in [0.25, 0.3) is 0 Å². The Hall–Kier alpha value is -2.82. The van der Waals surface area contributed by atoms with Gasteiger partial charge in [-0.2, -0.15) is 0 Å². The number of aromatic nitrogens is 1. The Morgan fingerprint density at radius 1 is 1.19 bits per heavy atom. The summed E-state index contributed by atoms with van der Waals surface area (Å²) >= 11 is 0. The molecule has 0 unspecified atom stereocenters. The first-order chi connectivity index (χ1) is 12.9. The fourth-order valence-electron chi connectivity index (χ4n) is 2.89. The van der Waals surface area contributed by atoms with E-state index in [1.807, 2.05) is 63.4 Å². The van der Waals surface area contributed by atoms with Crippen LogP contribution in [0.15, 0.2) is 54.9 Å². The van der Waals surface area contributed by atoms with Gasteiger partial charge in [0.05, 0.1) is 0 Å². The van der Waals surface area contributed by atoms with Crippen LogP contribution < -0.4 is 4.74 Å². The van der Waals surface area contributed by atoms with Crippen LogP contribution in [0.25, 0.3) is 5.57 Å². The number of hydrogen-bond acceptors (Lipinski definition) is 4. The Bertz CT molecular complexity index is 810. The van der Waals surface area contributed by atoms with Crippen molar-refractivity contribution in [2.24, 2.45) is 0 Å². The second kappa shape index (κ2) is 8.25. The van der Waals surface area contributed by atoms with Gasteiger partial charge in [0.2, 0.25) is 0 Å². The summed E-state index contributed by atoms with van der Waals surface area (Å²) in [5.74, 6) is 0.811. The molecular formula is C22H26N2O3. The minimum Gasteiger partial charge on any atom is -0.488 e. The van der Waals surface area contributed by atoms with E-state index in [0.717, 1.165) is 28.9 Å². The van der Waals surface area contributed by atoms with Crippen molar-refractivity contribution in [1.29, 1.82) is 0 Å². The zero-order valence-corrected chi connectivity index (χ0v) is 16.1. The van der Waals surface area contributed by atoms with E-state index in [-0.39, 0.29) is 6.09 Å². The van der Waals surface area contributed by atoms with Crippen molar-refractivity contribution in [2.45, 2.75) is 39.4 Å². The summed E-state index contributed by atoms with van der Waals surface area (Å²) in [6.45, 7) is 7.28. The van der Waals surface area contributed by atoms with Gasteiger partial charge in [0.15, 0.2) is 0 Å². The molecule has 1 aliphatic heterocycles. The summed E-state index contributed by atoms with van der Waals surface area (Å²) < 4.78 is 11.5. The van der Waals surface area contributed by atoms with Crippen molar-refractivity contribution in [3.05, 3.63) is 66.0 Å². The molecule has 3 rings (SSSR count). The number of carbonyl (C=O) groups is 1. The van der Waals surface area contributed by atoms with E-state index in [4.69, 9.17) is 9.47 Å². The summed E-state index contributed by atoms with van der Waals surface area (Å²) in [4.78, 5) is 18.2. The highest BCUT2D eigenvalue weighted by atomic mass is 16.6. The number of nitrogens with zero attached hydrogens (tertiary/aromatic N) is 2. The van der Waals surface area contributed by atoms with Crippen LogP contribution in [-0.2, 0) is 11.3 Å². The molecule has 142 valence electrons. The number of ether oxygens (including phenoxy) is 2. The topological polar surface area (TPSA) is 51.7 Å². The molecule has 5 heteroatoms. The third-order valence-electron chi connectivity index (χ3n) is 4.23. The molecule has 0 fully saturated rings. The van der Waals surface area contributed by atoms with Crippen molar-refractivity contribution >= 4 is 11.7 Å². The van der Waals surface area contributed by atoms with Crippen LogP contribution in [0.1, 0.15) is 38.3 Å². The van der Waals surface area contributed by atoms with Crippen molar-refractivity contribution in [1.82, 2.24) is 9.88 Å². The van der Waals surface area contributed by atoms with E-state index < -0.39 is 5.60 Å². The Balaban J connectivity index is 1.68. The smallest absolute Gasteiger partial charge is 0.410 e. The molecule has 0 bridgehead atoms. The number of rotatable bonds is 4. The Labute approximate surface area is 160 Å². The van der Waals surface area contributed by atoms with E-state index in [9.17, 15) is 4.79 Å². The normalized spacial score (nSPS) is 14.5. The van der Waals surface area contributed by atoms with Gasteiger partial charge < -0.3 is 14.4 Å². The van der Waals surface area contributed by atoms with Crippen LogP contribution in [0, 0.1) is 0 Å². The standard InChI is InChI=1S/C22H26N2O3/c1-22(2,3)27-21(25)24-13-10-18(11-14-24)19-15-23-12-9-20(19)26-16-17-7-5-4-6-8-17/h4-10,12,15H,11,13-14,16H2,1-3H3. The molecule has 0 atom stereocenters. The summed E-state index contributed by atoms with van der Waals surface area (Å²) in [7, 11) is 0. The molecule has 1 aromatic carbocycles. The molecule has 5 nitrogen and oxygen atoms in total. The van der Waals surface area contributed by atoms with Gasteiger partial charge in [-0.3, -0.25) is 4.98 Å². The van der Waals surface area contributed by atoms with Gasteiger partial charge in [-0.05, 0) is 44.4 Å². The molecule has 0 spiro atoms. The van der Waals surface area contributed by atoms with E-state index in [1.54, 1.807) is 11.1 Å². The van der Waals surface area contributed by atoms with Crippen molar-refractivity contribution < 1.29 is 14.3 Å². The maximum absolute atomic E-state index is 12.2. The van der Waals surface area contributed by atoms with Crippen molar-refractivity contribution in [3.8, 4) is 5.75 Å². The minimum absolute atomic E-state index is 0.274. The van der Waals surface area contributed by atoms with Crippen LogP contribution in [0.4, 0.5) is 4.79 Å². The van der Waals surface area contributed by atoms with Crippen LogP contribution >= 0.6 is 0 Å². The monoisotopic (exact) mass is 366 g/mol. The first kappa shape index (κ1) is 19.0. The molecule has 0 N–H and O–H groups in total. The largest absolute Gasteiger partial charge is 0.488 e. The Morgan fingerprint density at radius 3 is 2.63 bits per heavy atom. The minimum atomic E-state index is -0.483. The predicted molar refractivity (Wildman–Crippen MR) is 105 cm³/mol. The van der Waals surface area contributed by atoms with Crippen LogP contribution in [0.5, 0.6) is 5.75 Å². The van der Waals surface area contributed by atoms with Crippen LogP contribution in [-0.4, -0.2) is 34.7 Å². The predicted octanol–water partition coefficient (Wildman–Crippen LogP) is 4.68. The summed E-state index contributed by atoms with van der Waals surface area (Å²) in [6, 6.07) is 12.0. The quantitative estimate of drug-likeness (QED) is 0.788. The summed E-state index contributed by atoms with van der Waals surface area (Å²) in [5.41, 5.74) is 2.76. The third kappa shape index (κ3) is 5.33. The molecule has 1 aliphatic rings. The molecule has 0 radical (unpaired) electrons. The fraction of sp³-hybridized carbons (Fsp3) is 0.364. The number of hydrogen-bond donors (Lipinski definition) is 0. The lowest BCUT2D eigenvalue weighted by Crippen LogP contribution is -2.39. The molecule has 0 aliphatic carbocycles. The average Bonchev–Trinajstić information content (AvgIpc) is 2.66. The lowest BCUT2D eigenvalue weighted by molar-refractivity contribution is 0.0270. The Kier molecular flexibility index (Phi) is 5.79. The maximum Gasteiger partial charge on any atom is 0.410 e. The Morgan fingerprint density at radius 2 is 1.96 bits per heavy atom. The molecule has 1 amide bonds. The van der Waals surface area contributed by atoms with Gasteiger partial charge in [-0.15, -0.1) is 0 Å². The number of benzene rings is 1. The lowest BCUT2D eigenvalue weighted by atomic mass is 10.0. The van der Waals surface area contributed by atoms with Crippen LogP contribution in [0.2, 0.25) is 0 Å².